The van der Waals surface area contributed by atoms with E-state index < -0.39 is 0 Å². The first kappa shape index (κ1) is 19.9. The van der Waals surface area contributed by atoms with Crippen molar-refractivity contribution in [3.8, 4) is 10.4 Å². The molecule has 0 atom stereocenters. The van der Waals surface area contributed by atoms with Crippen LogP contribution >= 0.6 is 11.3 Å². The second kappa shape index (κ2) is 9.86. The van der Waals surface area contributed by atoms with Crippen molar-refractivity contribution >= 4 is 17.2 Å². The third kappa shape index (κ3) is 5.55. The Balaban J connectivity index is 1.17. The molecule has 0 radical (unpaired) electrons. The molecular weight excluding hydrogens is 376 g/mol. The molecule has 2 aromatic carbocycles. The van der Waals surface area contributed by atoms with Gasteiger partial charge in [-0.3, -0.25) is 9.69 Å². The maximum Gasteiger partial charge on any atom is 0.251 e. The average molecular weight is 405 g/mol. The molecule has 150 valence electrons. The second-order valence-electron chi connectivity index (χ2n) is 7.80. The molecule has 0 unspecified atom stereocenters. The van der Waals surface area contributed by atoms with E-state index in [4.69, 9.17) is 0 Å². The van der Waals surface area contributed by atoms with Gasteiger partial charge in [0.2, 0.25) is 0 Å². The Morgan fingerprint density at radius 3 is 2.41 bits per heavy atom. The van der Waals surface area contributed by atoms with E-state index in [9.17, 15) is 4.79 Å². The predicted octanol–water partition coefficient (Wildman–Crippen LogP) is 5.45. The lowest BCUT2D eigenvalue weighted by Crippen LogP contribution is -2.34. The number of rotatable bonds is 7. The molecule has 0 saturated carbocycles. The predicted molar refractivity (Wildman–Crippen MR) is 121 cm³/mol. The van der Waals surface area contributed by atoms with Crippen molar-refractivity contribution in [1.82, 2.24) is 10.2 Å². The first-order chi connectivity index (χ1) is 14.3. The Bertz CT molecular complexity index is 882. The molecule has 1 aromatic heterocycles. The highest BCUT2D eigenvalue weighted by atomic mass is 32.1. The van der Waals surface area contributed by atoms with Gasteiger partial charge < -0.3 is 5.32 Å². The van der Waals surface area contributed by atoms with Gasteiger partial charge in [-0.15, -0.1) is 11.3 Å². The number of hydrogen-bond donors (Lipinski definition) is 1. The number of nitrogens with one attached hydrogen (secondary N) is 1. The standard InChI is InChI=1S/C25H28N2OS/c28-25(23-10-8-22(9-11-23)24-7-4-18-29-24)26-15-12-20-13-16-27(17-14-20)19-21-5-2-1-3-6-21/h1-11,18,20H,12-17,19H2,(H,26,28). The largest absolute Gasteiger partial charge is 0.352 e. The van der Waals surface area contributed by atoms with E-state index in [1.165, 1.54) is 28.8 Å². The van der Waals surface area contributed by atoms with Gasteiger partial charge in [-0.1, -0.05) is 48.5 Å². The summed E-state index contributed by atoms with van der Waals surface area (Å²) in [5, 5.41) is 5.17. The molecule has 1 N–H and O–H groups in total. The number of nitrogens with zero attached hydrogens (tertiary/aromatic N) is 1. The van der Waals surface area contributed by atoms with E-state index in [1.807, 2.05) is 30.3 Å². The van der Waals surface area contributed by atoms with Crippen LogP contribution < -0.4 is 5.32 Å². The number of amides is 1. The van der Waals surface area contributed by atoms with E-state index >= 15 is 0 Å². The fraction of sp³-hybridized carbons (Fsp3) is 0.320. The van der Waals surface area contributed by atoms with Crippen molar-refractivity contribution in [1.29, 1.82) is 0 Å². The third-order valence-corrected chi connectivity index (χ3v) is 6.67. The van der Waals surface area contributed by atoms with Crippen molar-refractivity contribution in [3.63, 3.8) is 0 Å². The van der Waals surface area contributed by atoms with Crippen LogP contribution in [0.4, 0.5) is 0 Å². The van der Waals surface area contributed by atoms with Crippen molar-refractivity contribution in [2.45, 2.75) is 25.8 Å². The highest BCUT2D eigenvalue weighted by molar-refractivity contribution is 7.13. The summed E-state index contributed by atoms with van der Waals surface area (Å²) in [4.78, 5) is 16.2. The fourth-order valence-electron chi connectivity index (χ4n) is 4.00. The van der Waals surface area contributed by atoms with Crippen molar-refractivity contribution < 1.29 is 4.79 Å². The molecule has 0 bridgehead atoms. The Kier molecular flexibility index (Phi) is 6.75. The van der Waals surface area contributed by atoms with Gasteiger partial charge in [0, 0.05) is 23.5 Å². The minimum Gasteiger partial charge on any atom is -0.352 e. The van der Waals surface area contributed by atoms with Gasteiger partial charge >= 0.3 is 0 Å². The smallest absolute Gasteiger partial charge is 0.251 e. The summed E-state index contributed by atoms with van der Waals surface area (Å²) in [6.45, 7) is 4.11. The lowest BCUT2D eigenvalue weighted by molar-refractivity contribution is 0.0947. The second-order valence-corrected chi connectivity index (χ2v) is 8.75. The number of benzene rings is 2. The van der Waals surface area contributed by atoms with Crippen LogP contribution in [0.5, 0.6) is 0 Å². The molecular formula is C25H28N2OS. The zero-order valence-corrected chi connectivity index (χ0v) is 17.5. The topological polar surface area (TPSA) is 32.3 Å². The van der Waals surface area contributed by atoms with Crippen molar-refractivity contribution in [3.05, 3.63) is 83.2 Å². The Morgan fingerprint density at radius 1 is 0.966 bits per heavy atom. The van der Waals surface area contributed by atoms with E-state index in [2.05, 4.69) is 52.0 Å². The van der Waals surface area contributed by atoms with E-state index in [1.54, 1.807) is 11.3 Å². The van der Waals surface area contributed by atoms with Crippen LogP contribution in [-0.2, 0) is 6.54 Å². The summed E-state index contributed by atoms with van der Waals surface area (Å²) in [6.07, 6.45) is 3.51. The van der Waals surface area contributed by atoms with Crippen LogP contribution in [0, 0.1) is 5.92 Å². The van der Waals surface area contributed by atoms with Crippen LogP contribution in [0.15, 0.2) is 72.1 Å². The molecule has 0 spiro atoms. The monoisotopic (exact) mass is 404 g/mol. The number of carbonyl (C=O) groups excluding carboxylic acids is 1. The molecule has 3 aromatic rings. The van der Waals surface area contributed by atoms with E-state index in [0.717, 1.165) is 38.2 Å². The van der Waals surface area contributed by atoms with Gasteiger partial charge in [0.25, 0.3) is 5.91 Å². The summed E-state index contributed by atoms with van der Waals surface area (Å²) in [5.41, 5.74) is 3.30. The van der Waals surface area contributed by atoms with Crippen LogP contribution in [0.2, 0.25) is 0 Å². The summed E-state index contributed by atoms with van der Waals surface area (Å²) < 4.78 is 0. The number of thiophene rings is 1. The first-order valence-electron chi connectivity index (χ1n) is 10.5. The van der Waals surface area contributed by atoms with Crippen LogP contribution in [0.1, 0.15) is 35.2 Å². The van der Waals surface area contributed by atoms with Gasteiger partial charge in [0.05, 0.1) is 0 Å². The van der Waals surface area contributed by atoms with Gasteiger partial charge in [-0.05, 0) is 73.0 Å². The SMILES string of the molecule is O=C(NCCC1CCN(Cc2ccccc2)CC1)c1ccc(-c2cccs2)cc1. The normalized spacial score (nSPS) is 15.3. The highest BCUT2D eigenvalue weighted by Gasteiger charge is 2.19. The quantitative estimate of drug-likeness (QED) is 0.568. The Hall–Kier alpha value is -2.43. The lowest BCUT2D eigenvalue weighted by atomic mass is 9.93. The minimum absolute atomic E-state index is 0.0317. The number of likely N-dealkylation sites (tertiary alicyclic amines) is 1. The summed E-state index contributed by atoms with van der Waals surface area (Å²) >= 11 is 1.72. The number of carbonyl (C=O) groups is 1. The highest BCUT2D eigenvalue weighted by Crippen LogP contribution is 2.25. The molecule has 0 aliphatic carbocycles. The summed E-state index contributed by atoms with van der Waals surface area (Å²) in [5.74, 6) is 0.743. The first-order valence-corrected chi connectivity index (χ1v) is 11.3. The summed E-state index contributed by atoms with van der Waals surface area (Å²) in [7, 11) is 0. The molecule has 1 aliphatic rings. The molecule has 4 rings (SSSR count). The maximum atomic E-state index is 12.4. The molecule has 4 heteroatoms. The Morgan fingerprint density at radius 2 is 1.72 bits per heavy atom. The molecule has 1 amide bonds. The molecule has 1 fully saturated rings. The van der Waals surface area contributed by atoms with E-state index in [-0.39, 0.29) is 5.91 Å². The average Bonchev–Trinajstić information content (AvgIpc) is 3.31. The minimum atomic E-state index is 0.0317. The van der Waals surface area contributed by atoms with Crippen LogP contribution in [-0.4, -0.2) is 30.4 Å². The van der Waals surface area contributed by atoms with Gasteiger partial charge in [0.15, 0.2) is 0 Å². The zero-order chi connectivity index (χ0) is 19.9. The zero-order valence-electron chi connectivity index (χ0n) is 16.7. The van der Waals surface area contributed by atoms with Gasteiger partial charge in [0.1, 0.15) is 0 Å². The molecule has 2 heterocycles. The fourth-order valence-corrected chi connectivity index (χ4v) is 4.73. The van der Waals surface area contributed by atoms with Crippen molar-refractivity contribution in [2.24, 2.45) is 5.92 Å². The molecule has 3 nitrogen and oxygen atoms in total. The number of hydrogen-bond acceptors (Lipinski definition) is 3. The maximum absolute atomic E-state index is 12.4. The van der Waals surface area contributed by atoms with E-state index in [0.29, 0.717) is 5.92 Å². The number of piperidine rings is 1. The summed E-state index contributed by atoms with van der Waals surface area (Å²) in [6, 6.07) is 22.8. The molecule has 29 heavy (non-hydrogen) atoms. The lowest BCUT2D eigenvalue weighted by Gasteiger charge is -2.32. The van der Waals surface area contributed by atoms with Gasteiger partial charge in [-0.25, -0.2) is 0 Å². The molecule has 1 saturated heterocycles. The molecule has 1 aliphatic heterocycles. The Labute approximate surface area is 177 Å². The third-order valence-electron chi connectivity index (χ3n) is 5.75. The van der Waals surface area contributed by atoms with Crippen LogP contribution in [0.25, 0.3) is 10.4 Å². The van der Waals surface area contributed by atoms with Crippen molar-refractivity contribution in [2.75, 3.05) is 19.6 Å². The van der Waals surface area contributed by atoms with Crippen LogP contribution in [0.3, 0.4) is 0 Å². The van der Waals surface area contributed by atoms with Gasteiger partial charge in [-0.2, -0.15) is 0 Å².